The molecule has 0 atom stereocenters. The molecular weight excluding hydrogens is 525 g/mol. The third kappa shape index (κ3) is 5.78. The minimum absolute atomic E-state index is 0.256. The number of nitrogens with one attached hydrogen (secondary N) is 1. The van der Waals surface area contributed by atoms with Crippen LogP contribution >= 0.6 is 0 Å². The summed E-state index contributed by atoms with van der Waals surface area (Å²) >= 11 is 0. The monoisotopic (exact) mass is 561 g/mol. The van der Waals surface area contributed by atoms with Crippen LogP contribution in [0.15, 0.2) is 30.6 Å². The second-order valence-corrected chi connectivity index (χ2v) is 17.6. The smallest absolute Gasteiger partial charge is 0.255 e. The normalized spacial score (nSPS) is 15.1. The van der Waals surface area contributed by atoms with Crippen LogP contribution in [0, 0.1) is 22.6 Å². The zero-order valence-electron chi connectivity index (χ0n) is 23.6. The second-order valence-electron chi connectivity index (χ2n) is 12.0. The molecule has 1 N–H and O–H groups in total. The summed E-state index contributed by atoms with van der Waals surface area (Å²) in [6.07, 6.45) is 7.86. The number of hydrogen-bond donors (Lipinski definition) is 1. The Morgan fingerprint density at radius 2 is 2.05 bits per heavy atom. The maximum Gasteiger partial charge on any atom is 0.255 e. The van der Waals surface area contributed by atoms with Gasteiger partial charge in [0, 0.05) is 39.9 Å². The van der Waals surface area contributed by atoms with Gasteiger partial charge in [-0.05, 0) is 43.5 Å². The van der Waals surface area contributed by atoms with Gasteiger partial charge in [-0.15, -0.1) is 0 Å². The van der Waals surface area contributed by atoms with E-state index in [0.29, 0.717) is 53.2 Å². The molecule has 0 bridgehead atoms. The fraction of sp³-hybridized carbons (Fsp3) is 0.483. The van der Waals surface area contributed by atoms with Crippen LogP contribution in [0.2, 0.25) is 25.7 Å². The number of rotatable bonds is 10. The van der Waals surface area contributed by atoms with Gasteiger partial charge in [0.2, 0.25) is 0 Å². The molecule has 40 heavy (non-hydrogen) atoms. The molecule has 3 heterocycles. The molecule has 3 aromatic heterocycles. The number of nitriles is 1. The highest BCUT2D eigenvalue weighted by atomic mass is 28.3. The van der Waals surface area contributed by atoms with Crippen LogP contribution in [0.25, 0.3) is 33.5 Å². The van der Waals surface area contributed by atoms with Crippen molar-refractivity contribution in [3.8, 4) is 17.5 Å². The molecule has 0 unspecified atom stereocenters. The molecule has 0 spiro atoms. The molecule has 210 valence electrons. The lowest BCUT2D eigenvalue weighted by Crippen LogP contribution is -2.28. The van der Waals surface area contributed by atoms with Crippen molar-refractivity contribution in [3.05, 3.63) is 42.0 Å². The van der Waals surface area contributed by atoms with E-state index in [0.717, 1.165) is 37.1 Å². The van der Waals surface area contributed by atoms with E-state index in [-0.39, 0.29) is 23.9 Å². The third-order valence-electron chi connectivity index (χ3n) is 7.78. The maximum absolute atomic E-state index is 13.9. The van der Waals surface area contributed by atoms with Crippen LogP contribution in [0.1, 0.15) is 42.5 Å². The van der Waals surface area contributed by atoms with E-state index in [2.05, 4.69) is 41.1 Å². The Kier molecular flexibility index (Phi) is 7.75. The number of nitrogens with zero attached hydrogens (tertiary/aromatic N) is 6. The predicted molar refractivity (Wildman–Crippen MR) is 155 cm³/mol. The summed E-state index contributed by atoms with van der Waals surface area (Å²) < 4.78 is 23.3. The second kappa shape index (κ2) is 11.1. The molecule has 4 aromatic rings. The van der Waals surface area contributed by atoms with Gasteiger partial charge in [0.25, 0.3) is 5.91 Å². The van der Waals surface area contributed by atoms with Crippen LogP contribution < -0.4 is 5.32 Å². The summed E-state index contributed by atoms with van der Waals surface area (Å²) in [5.41, 5.74) is 2.72. The van der Waals surface area contributed by atoms with Crippen molar-refractivity contribution >= 4 is 36.0 Å². The zero-order valence-corrected chi connectivity index (χ0v) is 24.6. The number of benzene rings is 1. The van der Waals surface area contributed by atoms with Crippen molar-refractivity contribution in [2.75, 3.05) is 13.2 Å². The fourth-order valence-electron chi connectivity index (χ4n) is 5.37. The van der Waals surface area contributed by atoms with E-state index in [1.54, 1.807) is 30.2 Å². The molecular formula is C29H36FN7O2Si. The van der Waals surface area contributed by atoms with Crippen LogP contribution in [-0.2, 0) is 18.5 Å². The first-order valence-electron chi connectivity index (χ1n) is 13.8. The minimum Gasteiger partial charge on any atom is -0.361 e. The number of hydrogen-bond acceptors (Lipinski definition) is 6. The Bertz CT molecular complexity index is 1590. The predicted octanol–water partition coefficient (Wildman–Crippen LogP) is 5.64. The first-order valence-corrected chi connectivity index (χ1v) is 17.6. The van der Waals surface area contributed by atoms with Crippen LogP contribution in [-0.4, -0.2) is 51.4 Å². The Morgan fingerprint density at radius 1 is 1.27 bits per heavy atom. The van der Waals surface area contributed by atoms with Crippen molar-refractivity contribution in [1.82, 2.24) is 29.6 Å². The Hall–Kier alpha value is -3.62. The fourth-order valence-corrected chi connectivity index (χ4v) is 6.13. The number of aryl methyl sites for hydroxylation is 1. The van der Waals surface area contributed by atoms with Gasteiger partial charge in [0.05, 0.1) is 28.8 Å². The number of amides is 1. The van der Waals surface area contributed by atoms with Gasteiger partial charge in [0.15, 0.2) is 5.65 Å². The number of carbonyl (C=O) groups excluding carboxylic acids is 1. The van der Waals surface area contributed by atoms with Gasteiger partial charge >= 0.3 is 0 Å². The average molecular weight is 562 g/mol. The molecule has 11 heteroatoms. The van der Waals surface area contributed by atoms with Gasteiger partial charge in [-0.1, -0.05) is 32.5 Å². The largest absolute Gasteiger partial charge is 0.361 e. The van der Waals surface area contributed by atoms with Crippen molar-refractivity contribution in [1.29, 1.82) is 5.26 Å². The highest BCUT2D eigenvalue weighted by Gasteiger charge is 2.33. The quantitative estimate of drug-likeness (QED) is 0.198. The summed E-state index contributed by atoms with van der Waals surface area (Å²) in [6.45, 7) is 8.20. The van der Waals surface area contributed by atoms with Crippen molar-refractivity contribution in [2.24, 2.45) is 12.5 Å². The molecule has 0 radical (unpaired) electrons. The van der Waals surface area contributed by atoms with Gasteiger partial charge in [-0.3, -0.25) is 9.48 Å². The van der Waals surface area contributed by atoms with Gasteiger partial charge in [-0.2, -0.15) is 10.4 Å². The molecule has 0 aliphatic heterocycles. The summed E-state index contributed by atoms with van der Waals surface area (Å²) in [6, 6.07) is 8.02. The summed E-state index contributed by atoms with van der Waals surface area (Å²) in [4.78, 5) is 22.9. The molecule has 1 amide bonds. The first-order chi connectivity index (χ1) is 19.1. The Balaban J connectivity index is 1.46. The Morgan fingerprint density at radius 3 is 2.77 bits per heavy atom. The number of fused-ring (bicyclic) bond motifs is 2. The summed E-state index contributed by atoms with van der Waals surface area (Å²) in [5, 5.41) is 18.0. The van der Waals surface area contributed by atoms with E-state index in [1.807, 2.05) is 4.57 Å². The summed E-state index contributed by atoms with van der Waals surface area (Å²) in [5.74, 6) is -0.610. The van der Waals surface area contributed by atoms with E-state index < -0.39 is 8.07 Å². The van der Waals surface area contributed by atoms with Gasteiger partial charge in [0.1, 0.15) is 29.5 Å². The molecule has 9 nitrogen and oxygen atoms in total. The first kappa shape index (κ1) is 27.9. The molecule has 1 saturated carbocycles. The molecule has 1 fully saturated rings. The van der Waals surface area contributed by atoms with Gasteiger partial charge < -0.3 is 14.6 Å². The maximum atomic E-state index is 13.9. The Labute approximate surface area is 234 Å². The van der Waals surface area contributed by atoms with Crippen LogP contribution in [0.4, 0.5) is 4.39 Å². The van der Waals surface area contributed by atoms with Crippen molar-refractivity contribution < 1.29 is 13.9 Å². The highest BCUT2D eigenvalue weighted by Crippen LogP contribution is 2.40. The topological polar surface area (TPSA) is 111 Å². The number of halogens is 1. The van der Waals surface area contributed by atoms with E-state index >= 15 is 0 Å². The molecule has 0 saturated heterocycles. The molecule has 1 aromatic carbocycles. The highest BCUT2D eigenvalue weighted by molar-refractivity contribution is 6.76. The lowest BCUT2D eigenvalue weighted by molar-refractivity contribution is 0.0891. The lowest BCUT2D eigenvalue weighted by Gasteiger charge is -2.19. The molecule has 5 rings (SSSR count). The minimum atomic E-state index is -1.25. The van der Waals surface area contributed by atoms with E-state index in [1.165, 1.54) is 12.1 Å². The molecule has 1 aliphatic carbocycles. The van der Waals surface area contributed by atoms with Crippen LogP contribution in [0.3, 0.4) is 0 Å². The molecule has 1 aliphatic rings. The zero-order chi connectivity index (χ0) is 28.5. The van der Waals surface area contributed by atoms with Crippen molar-refractivity contribution in [2.45, 2.75) is 64.5 Å². The standard InChI is InChI=1S/C29H36FN7O2Si/c1-36-24-15-20(30)7-8-21(24)25(35-36)23-16-33-27-26(34-23)22(17-37(27)19-39-13-14-40(2,3)4)28(38)32-12-11-29(18-31)9-5-6-10-29/h7-8,15-17H,5-6,9-14,19H2,1-4H3,(H,32,38). The van der Waals surface area contributed by atoms with Gasteiger partial charge in [-0.25, -0.2) is 14.4 Å². The summed E-state index contributed by atoms with van der Waals surface area (Å²) in [7, 11) is 0.504. The van der Waals surface area contributed by atoms with E-state index in [9.17, 15) is 14.4 Å². The van der Waals surface area contributed by atoms with E-state index in [4.69, 9.17) is 9.72 Å². The number of carbonyl (C=O) groups is 1. The lowest BCUT2D eigenvalue weighted by atomic mass is 9.84. The van der Waals surface area contributed by atoms with Crippen LogP contribution in [0.5, 0.6) is 0 Å². The third-order valence-corrected chi connectivity index (χ3v) is 9.48. The number of ether oxygens (including phenoxy) is 1. The SMILES string of the molecule is Cn1nc(-c2cnc3c(n2)c(C(=O)NCCC2(C#N)CCCC2)cn3COCC[Si](C)(C)C)c2ccc(F)cc21. The van der Waals surface area contributed by atoms with Crippen molar-refractivity contribution in [3.63, 3.8) is 0 Å². The number of aromatic nitrogens is 5. The average Bonchev–Trinajstić information content (AvgIpc) is 3.62.